The van der Waals surface area contributed by atoms with Crippen LogP contribution in [-0.4, -0.2) is 19.3 Å². The molecule has 110 valence electrons. The van der Waals surface area contributed by atoms with E-state index in [-0.39, 0.29) is 6.10 Å². The highest BCUT2D eigenvalue weighted by Crippen LogP contribution is 2.24. The van der Waals surface area contributed by atoms with Crippen molar-refractivity contribution >= 4 is 0 Å². The molecule has 1 unspecified atom stereocenters. The fourth-order valence-corrected chi connectivity index (χ4v) is 2.62. The highest BCUT2D eigenvalue weighted by atomic mass is 16.5. The maximum atomic E-state index is 5.83. The molecular formula is C18H21NO2. The van der Waals surface area contributed by atoms with Crippen LogP contribution in [0.1, 0.15) is 17.5 Å². The van der Waals surface area contributed by atoms with Gasteiger partial charge < -0.3 is 15.2 Å². The first kappa shape index (κ1) is 14.3. The average Bonchev–Trinajstić information content (AvgIpc) is 3.07. The van der Waals surface area contributed by atoms with E-state index in [1.807, 2.05) is 12.1 Å². The maximum absolute atomic E-state index is 5.83. The van der Waals surface area contributed by atoms with Crippen LogP contribution in [0.5, 0.6) is 0 Å². The van der Waals surface area contributed by atoms with E-state index in [4.69, 9.17) is 15.2 Å². The topological polar surface area (TPSA) is 44.5 Å². The van der Waals surface area contributed by atoms with Crippen molar-refractivity contribution in [3.8, 4) is 11.1 Å². The van der Waals surface area contributed by atoms with E-state index in [9.17, 15) is 0 Å². The van der Waals surface area contributed by atoms with Crippen molar-refractivity contribution in [3.63, 3.8) is 0 Å². The Morgan fingerprint density at radius 1 is 1.10 bits per heavy atom. The molecule has 2 aromatic carbocycles. The smallest absolute Gasteiger partial charge is 0.0834 e. The van der Waals surface area contributed by atoms with Crippen LogP contribution >= 0.6 is 0 Å². The summed E-state index contributed by atoms with van der Waals surface area (Å²) in [4.78, 5) is 0. The molecule has 0 aromatic heterocycles. The van der Waals surface area contributed by atoms with Crippen molar-refractivity contribution in [1.82, 2.24) is 0 Å². The van der Waals surface area contributed by atoms with Crippen molar-refractivity contribution in [2.75, 3.05) is 13.2 Å². The van der Waals surface area contributed by atoms with Gasteiger partial charge in [0.2, 0.25) is 0 Å². The van der Waals surface area contributed by atoms with E-state index in [2.05, 4.69) is 36.4 Å². The van der Waals surface area contributed by atoms with Crippen molar-refractivity contribution < 1.29 is 9.47 Å². The van der Waals surface area contributed by atoms with Gasteiger partial charge in [0.15, 0.2) is 0 Å². The summed E-state index contributed by atoms with van der Waals surface area (Å²) in [5, 5.41) is 0. The van der Waals surface area contributed by atoms with Crippen molar-refractivity contribution in [3.05, 3.63) is 59.7 Å². The minimum absolute atomic E-state index is 0.252. The third kappa shape index (κ3) is 3.50. The molecule has 3 rings (SSSR count). The van der Waals surface area contributed by atoms with Gasteiger partial charge in [-0.1, -0.05) is 48.5 Å². The minimum Gasteiger partial charge on any atom is -0.379 e. The first-order valence-corrected chi connectivity index (χ1v) is 7.43. The highest BCUT2D eigenvalue weighted by molar-refractivity contribution is 5.67. The Bertz CT molecular complexity index is 574. The van der Waals surface area contributed by atoms with Crippen LogP contribution in [0, 0.1) is 0 Å². The molecule has 1 aliphatic rings. The predicted molar refractivity (Wildman–Crippen MR) is 83.8 cm³/mol. The number of ether oxygens (including phenoxy) is 2. The van der Waals surface area contributed by atoms with Crippen LogP contribution in [0.4, 0.5) is 0 Å². The van der Waals surface area contributed by atoms with E-state index < -0.39 is 0 Å². The lowest BCUT2D eigenvalue weighted by molar-refractivity contribution is 0.0317. The van der Waals surface area contributed by atoms with E-state index in [0.717, 1.165) is 19.6 Å². The van der Waals surface area contributed by atoms with Crippen LogP contribution in [0.2, 0.25) is 0 Å². The Balaban J connectivity index is 1.68. The summed E-state index contributed by atoms with van der Waals surface area (Å²) >= 11 is 0. The summed E-state index contributed by atoms with van der Waals surface area (Å²) in [6.07, 6.45) is 1.25. The maximum Gasteiger partial charge on any atom is 0.0834 e. The molecule has 0 saturated carbocycles. The van der Waals surface area contributed by atoms with Gasteiger partial charge in [-0.15, -0.1) is 0 Å². The minimum atomic E-state index is 0.252. The number of rotatable bonds is 5. The molecule has 1 fully saturated rings. The standard InChI is InChI=1S/C18H21NO2/c19-11-16-3-1-2-4-18(16)15-7-5-14(6-8-15)12-21-17-9-10-20-13-17/h1-8,17H,9-13,19H2. The summed E-state index contributed by atoms with van der Waals surface area (Å²) in [5.74, 6) is 0. The Morgan fingerprint density at radius 2 is 1.90 bits per heavy atom. The normalized spacial score (nSPS) is 18.0. The summed E-state index contributed by atoms with van der Waals surface area (Å²) in [6, 6.07) is 16.8. The second kappa shape index (κ2) is 6.85. The molecule has 0 radical (unpaired) electrons. The monoisotopic (exact) mass is 283 g/mol. The van der Waals surface area contributed by atoms with Gasteiger partial charge in [-0.05, 0) is 28.7 Å². The van der Waals surface area contributed by atoms with Gasteiger partial charge in [0, 0.05) is 13.2 Å². The van der Waals surface area contributed by atoms with Gasteiger partial charge in [-0.3, -0.25) is 0 Å². The zero-order chi connectivity index (χ0) is 14.5. The average molecular weight is 283 g/mol. The largest absolute Gasteiger partial charge is 0.379 e. The molecule has 21 heavy (non-hydrogen) atoms. The Kier molecular flexibility index (Phi) is 4.65. The highest BCUT2D eigenvalue weighted by Gasteiger charge is 2.15. The van der Waals surface area contributed by atoms with Crippen molar-refractivity contribution in [2.45, 2.75) is 25.7 Å². The van der Waals surface area contributed by atoms with Gasteiger partial charge in [0.05, 0.1) is 19.3 Å². The third-order valence-electron chi connectivity index (χ3n) is 3.88. The third-order valence-corrected chi connectivity index (χ3v) is 3.88. The first-order chi connectivity index (χ1) is 10.4. The Hall–Kier alpha value is -1.68. The molecule has 2 N–H and O–H groups in total. The fraction of sp³-hybridized carbons (Fsp3) is 0.333. The fourth-order valence-electron chi connectivity index (χ4n) is 2.62. The van der Waals surface area contributed by atoms with Crippen molar-refractivity contribution in [1.29, 1.82) is 0 Å². The number of hydrogen-bond acceptors (Lipinski definition) is 3. The van der Waals surface area contributed by atoms with E-state index in [1.165, 1.54) is 22.3 Å². The molecular weight excluding hydrogens is 262 g/mol. The molecule has 0 bridgehead atoms. The lowest BCUT2D eigenvalue weighted by Crippen LogP contribution is -2.11. The Morgan fingerprint density at radius 3 is 2.62 bits per heavy atom. The second-order valence-electron chi connectivity index (χ2n) is 5.35. The molecule has 1 aliphatic heterocycles. The quantitative estimate of drug-likeness (QED) is 0.917. The molecule has 3 heteroatoms. The zero-order valence-electron chi connectivity index (χ0n) is 12.1. The Labute approximate surface area is 125 Å². The lowest BCUT2D eigenvalue weighted by Gasteiger charge is -2.11. The molecule has 0 spiro atoms. The van der Waals surface area contributed by atoms with Gasteiger partial charge in [-0.2, -0.15) is 0 Å². The molecule has 1 heterocycles. The van der Waals surface area contributed by atoms with Crippen LogP contribution < -0.4 is 5.73 Å². The van der Waals surface area contributed by atoms with Crippen LogP contribution in [0.25, 0.3) is 11.1 Å². The van der Waals surface area contributed by atoms with Crippen molar-refractivity contribution in [2.24, 2.45) is 5.73 Å². The summed E-state index contributed by atoms with van der Waals surface area (Å²) < 4.78 is 11.1. The van der Waals surface area contributed by atoms with Gasteiger partial charge in [0.25, 0.3) is 0 Å². The van der Waals surface area contributed by atoms with Crippen LogP contribution in [0.15, 0.2) is 48.5 Å². The van der Waals surface area contributed by atoms with Gasteiger partial charge >= 0.3 is 0 Å². The molecule has 2 aromatic rings. The van der Waals surface area contributed by atoms with Crippen LogP contribution in [-0.2, 0) is 22.6 Å². The van der Waals surface area contributed by atoms with E-state index in [1.54, 1.807) is 0 Å². The van der Waals surface area contributed by atoms with E-state index >= 15 is 0 Å². The zero-order valence-corrected chi connectivity index (χ0v) is 12.1. The SMILES string of the molecule is NCc1ccccc1-c1ccc(COC2CCOC2)cc1. The molecule has 3 nitrogen and oxygen atoms in total. The number of benzene rings is 2. The summed E-state index contributed by atoms with van der Waals surface area (Å²) in [7, 11) is 0. The lowest BCUT2D eigenvalue weighted by atomic mass is 9.99. The molecule has 1 atom stereocenters. The second-order valence-corrected chi connectivity index (χ2v) is 5.35. The van der Waals surface area contributed by atoms with Gasteiger partial charge in [-0.25, -0.2) is 0 Å². The molecule has 0 aliphatic carbocycles. The predicted octanol–water partition coefficient (Wildman–Crippen LogP) is 3.12. The van der Waals surface area contributed by atoms with Gasteiger partial charge in [0.1, 0.15) is 0 Å². The molecule has 0 amide bonds. The summed E-state index contributed by atoms with van der Waals surface area (Å²) in [6.45, 7) is 2.75. The van der Waals surface area contributed by atoms with Crippen LogP contribution in [0.3, 0.4) is 0 Å². The molecule has 1 saturated heterocycles. The summed E-state index contributed by atoms with van der Waals surface area (Å²) in [5.41, 5.74) is 10.6. The number of nitrogens with two attached hydrogens (primary N) is 1. The first-order valence-electron chi connectivity index (χ1n) is 7.43. The number of hydrogen-bond donors (Lipinski definition) is 1. The van der Waals surface area contributed by atoms with E-state index in [0.29, 0.717) is 13.2 Å².